The lowest BCUT2D eigenvalue weighted by Gasteiger charge is -2.38. The van der Waals surface area contributed by atoms with Crippen LogP contribution in [0.3, 0.4) is 0 Å². The number of nitrogens with zero attached hydrogens (tertiary/aromatic N) is 1. The van der Waals surface area contributed by atoms with Gasteiger partial charge in [-0.15, -0.1) is 0 Å². The van der Waals surface area contributed by atoms with Crippen LogP contribution in [0, 0.1) is 0 Å². The van der Waals surface area contributed by atoms with E-state index in [-0.39, 0.29) is 22.2 Å². The summed E-state index contributed by atoms with van der Waals surface area (Å²) in [7, 11) is -2.46. The Morgan fingerprint density at radius 1 is 0.232 bits per heavy atom. The number of carbonyl (C=O) groups is 1. The highest BCUT2D eigenvalue weighted by atomic mass is 28.3. The summed E-state index contributed by atoms with van der Waals surface area (Å²) in [6.07, 6.45) is 6.33. The summed E-state index contributed by atoms with van der Waals surface area (Å²) in [4.78, 5) is 16.5. The Bertz CT molecular complexity index is 7000. The van der Waals surface area contributed by atoms with Crippen LogP contribution in [-0.2, 0) is 16.2 Å². The number of amides is 1. The van der Waals surface area contributed by atoms with Gasteiger partial charge in [0.25, 0.3) is 5.91 Å². The van der Waals surface area contributed by atoms with Crippen LogP contribution in [0.2, 0.25) is 0 Å². The second-order valence-electron chi connectivity index (χ2n) is 35.5. The van der Waals surface area contributed by atoms with Gasteiger partial charge in [0.05, 0.1) is 22.2 Å². The third-order valence-corrected chi connectivity index (χ3v) is 31.8. The Hall–Kier alpha value is -17.6. The fourth-order valence-corrected chi connectivity index (χ4v) is 25.2. The Kier molecular flexibility index (Phi) is 26.1. The third kappa shape index (κ3) is 18.1. The molecule has 18 aromatic carbocycles. The average Bonchev–Trinajstić information content (AvgIpc) is 1.51. The minimum atomic E-state index is -2.46. The molecule has 15 nitrogen and oxygen atoms in total. The van der Waals surface area contributed by atoms with Gasteiger partial charge in [-0.2, -0.15) is 0 Å². The molecule has 0 atom stereocenters. The molecule has 0 aliphatic heterocycles. The summed E-state index contributed by atoms with van der Waals surface area (Å²) >= 11 is 0. The zero-order valence-corrected chi connectivity index (χ0v) is 77.6. The second kappa shape index (κ2) is 39.7. The van der Waals surface area contributed by atoms with Gasteiger partial charge in [0, 0.05) is 96.0 Å². The molecule has 23 rings (SSSR count). The van der Waals surface area contributed by atoms with Crippen molar-refractivity contribution in [3.8, 4) is 55.9 Å². The number of anilines is 13. The maximum Gasteiger partial charge on any atom is 0.255 e. The van der Waals surface area contributed by atoms with E-state index in [4.69, 9.17) is 73.8 Å². The molecule has 1 aromatic heterocycles. The summed E-state index contributed by atoms with van der Waals surface area (Å²) in [5, 5.41) is 8.06. The minimum Gasteiger partial charge on any atom is -0.399 e. The van der Waals surface area contributed by atoms with Gasteiger partial charge in [0.15, 0.2) is 8.07 Å². The molecular formula is C122H110N14OSi. The summed E-state index contributed by atoms with van der Waals surface area (Å²) < 4.78 is 0. The zero-order chi connectivity index (χ0) is 95.5. The van der Waals surface area contributed by atoms with Crippen molar-refractivity contribution in [3.05, 3.63) is 516 Å². The van der Waals surface area contributed by atoms with Crippen LogP contribution in [0.4, 0.5) is 73.9 Å². The first kappa shape index (κ1) is 90.9. The molecule has 1 amide bonds. The molecule has 0 unspecified atom stereocenters. The van der Waals surface area contributed by atoms with Crippen molar-refractivity contribution >= 4 is 109 Å². The van der Waals surface area contributed by atoms with E-state index >= 15 is 0 Å². The first-order valence-electron chi connectivity index (χ1n) is 46.4. The highest BCUT2D eigenvalue weighted by Gasteiger charge is 2.52. The number of nitrogens with one attached hydrogen (secondary N) is 1. The SMILES string of the molecule is Nc1ccc(-c2cccc(-c3ccc(N)cc3)n2)cc1.Nc1ccc(C2(c3ccc(N)cc3)CCCCC2)cc1.Nc1ccc(C2(c3ccc(N)cc3)c3ccccc3-c3ccccc32)cc1.Nc1ccc(NC(=O)c2ccc(N)cc2)cc1.Nc1ccc([Si](c2ccccc2)(c2ccccc2)c2ccc(N)cc2)cc1.Nc1ccc2c(c1)C1(c3ccccc3-c3ccccc31)c1cc(N)ccc1-2. The van der Waals surface area contributed by atoms with Gasteiger partial charge >= 0.3 is 0 Å². The monoisotopic (exact) mass is 1810 g/mol. The number of hydrogen-bond donors (Lipinski definition) is 13. The normalized spacial score (nSPS) is 13.0. The standard InChI is InChI=1S/C25H18N2.C25H20N2.C24H22N2Si.C18H22N2.C17H15N3.C13H13N3O/c26-15-9-11-19-20-12-10-16(27)14-24(20)25(23(19)13-15)21-7-3-1-5-17(21)18-6-2-4-8-22(18)25;26-19-13-9-17(10-14-19)25(18-11-15-20(27)16-12-18)23-7-3-1-5-21(23)22-6-2-4-8-24(22)25;25-19-11-15-23(16-12-19)27(21-7-3-1-4-8-21,22-9-5-2-6-10-22)24-17-13-20(26)14-18-24;19-16-8-4-14(5-9-16)18(12-2-1-3-13-18)15-6-10-17(20)11-7-15;18-14-8-4-12(5-9-14)16-2-1-3-17(20-16)13-6-10-15(19)11-7-13;14-10-3-1-9(2-4-10)13(17)16-12-7-5-11(15)6-8-12/h1-14H,26-27H2;1-16H,26-27H2;1-18H,25-26H2;4-11H,1-3,12-13,19-20H2;1-11H,18-19H2;1-8H,14-15H2,(H,16,17). The molecular weight excluding hydrogens is 1710 g/mol. The summed E-state index contributed by atoms with van der Waals surface area (Å²) in [5.41, 5.74) is 105. The molecule has 19 aromatic rings. The number of fused-ring (bicyclic) bond motifs is 13. The number of rotatable bonds is 12. The summed E-state index contributed by atoms with van der Waals surface area (Å²) in [5.74, 6) is -0.172. The fourth-order valence-electron chi connectivity index (χ4n) is 20.5. The number of pyridine rings is 1. The van der Waals surface area contributed by atoms with Gasteiger partial charge < -0.3 is 74.1 Å². The van der Waals surface area contributed by atoms with E-state index in [0.717, 1.165) is 79.4 Å². The van der Waals surface area contributed by atoms with Gasteiger partial charge in [-0.05, 0) is 305 Å². The van der Waals surface area contributed by atoms with Crippen LogP contribution in [0.5, 0.6) is 0 Å². The molecule has 16 heteroatoms. The van der Waals surface area contributed by atoms with E-state index in [0.29, 0.717) is 22.6 Å². The lowest BCUT2D eigenvalue weighted by molar-refractivity contribution is 0.102. The molecule has 0 radical (unpaired) electrons. The minimum absolute atomic E-state index is 0.139. The summed E-state index contributed by atoms with van der Waals surface area (Å²) in [6.45, 7) is 0. The van der Waals surface area contributed by atoms with E-state index in [9.17, 15) is 4.79 Å². The quantitative estimate of drug-likeness (QED) is 0.0307. The van der Waals surface area contributed by atoms with Crippen molar-refractivity contribution in [2.45, 2.75) is 48.3 Å². The Morgan fingerprint density at radius 2 is 0.500 bits per heavy atom. The van der Waals surface area contributed by atoms with E-state index in [1.807, 2.05) is 152 Å². The van der Waals surface area contributed by atoms with Crippen LogP contribution in [0.25, 0.3) is 55.9 Å². The van der Waals surface area contributed by atoms with E-state index in [1.165, 1.54) is 142 Å². The smallest absolute Gasteiger partial charge is 0.255 e. The number of carbonyl (C=O) groups excluding carboxylic acids is 1. The Labute approximate surface area is 807 Å². The molecule has 1 fully saturated rings. The van der Waals surface area contributed by atoms with Gasteiger partial charge in [-0.25, -0.2) is 4.98 Å². The van der Waals surface area contributed by atoms with Crippen LogP contribution < -0.4 is 94.9 Å². The van der Waals surface area contributed by atoms with Crippen molar-refractivity contribution in [2.75, 3.05) is 74.1 Å². The largest absolute Gasteiger partial charge is 0.399 e. The highest BCUT2D eigenvalue weighted by molar-refractivity contribution is 7.19. The first-order valence-corrected chi connectivity index (χ1v) is 48.4. The van der Waals surface area contributed by atoms with Crippen LogP contribution in [0.1, 0.15) is 98.1 Å². The van der Waals surface area contributed by atoms with Gasteiger partial charge in [0.1, 0.15) is 0 Å². The Balaban J connectivity index is 0.000000111. The van der Waals surface area contributed by atoms with E-state index in [2.05, 4.69) is 260 Å². The highest BCUT2D eigenvalue weighted by Crippen LogP contribution is 2.64. The second-order valence-corrected chi connectivity index (χ2v) is 39.3. The van der Waals surface area contributed by atoms with Crippen molar-refractivity contribution in [3.63, 3.8) is 0 Å². The van der Waals surface area contributed by atoms with Crippen LogP contribution in [0.15, 0.2) is 455 Å². The van der Waals surface area contributed by atoms with Crippen molar-refractivity contribution in [1.82, 2.24) is 4.98 Å². The van der Waals surface area contributed by atoms with Crippen molar-refractivity contribution in [2.24, 2.45) is 0 Å². The molecule has 0 saturated heterocycles. The lowest BCUT2D eigenvalue weighted by Crippen LogP contribution is -2.74. The predicted molar refractivity (Wildman–Crippen MR) is 582 cm³/mol. The molecule has 138 heavy (non-hydrogen) atoms. The van der Waals surface area contributed by atoms with E-state index in [1.54, 1.807) is 48.5 Å². The number of nitrogen functional groups attached to an aromatic ring is 12. The maximum absolute atomic E-state index is 11.8. The van der Waals surface area contributed by atoms with E-state index < -0.39 is 8.07 Å². The summed E-state index contributed by atoms with van der Waals surface area (Å²) in [6, 6.07) is 154. The third-order valence-electron chi connectivity index (χ3n) is 27.0. The lowest BCUT2D eigenvalue weighted by atomic mass is 9.65. The van der Waals surface area contributed by atoms with Crippen molar-refractivity contribution < 1.29 is 4.79 Å². The molecule has 1 spiro atoms. The molecule has 678 valence electrons. The Morgan fingerprint density at radius 3 is 0.848 bits per heavy atom. The predicted octanol–water partition coefficient (Wildman–Crippen LogP) is 22.4. The fraction of sp³-hybridized carbons (Fsp3) is 0.0656. The van der Waals surface area contributed by atoms with Crippen molar-refractivity contribution in [1.29, 1.82) is 0 Å². The number of nitrogens with two attached hydrogens (primary N) is 12. The molecule has 4 aliphatic carbocycles. The molecule has 1 saturated carbocycles. The van der Waals surface area contributed by atoms with Crippen LogP contribution >= 0.6 is 0 Å². The molecule has 4 aliphatic rings. The number of hydrogen-bond acceptors (Lipinski definition) is 14. The van der Waals surface area contributed by atoms with Gasteiger partial charge in [-0.1, -0.05) is 292 Å². The number of aromatic nitrogens is 1. The maximum atomic E-state index is 11.8. The topological polar surface area (TPSA) is 354 Å². The number of benzene rings is 18. The first-order chi connectivity index (χ1) is 67.2. The molecule has 1 heterocycles. The molecule has 25 N–H and O–H groups in total. The average molecular weight is 1820 g/mol. The zero-order valence-electron chi connectivity index (χ0n) is 76.6. The van der Waals surface area contributed by atoms with Gasteiger partial charge in [0.2, 0.25) is 0 Å². The van der Waals surface area contributed by atoms with Crippen LogP contribution in [-0.4, -0.2) is 19.0 Å². The van der Waals surface area contributed by atoms with Gasteiger partial charge in [-0.3, -0.25) is 4.79 Å². The molecule has 0 bridgehead atoms.